The monoisotopic (exact) mass is 306 g/mol. The minimum Gasteiger partial charge on any atom is -0.307 e. The van der Waals surface area contributed by atoms with Gasteiger partial charge in [-0.15, -0.1) is 0 Å². The van der Waals surface area contributed by atoms with Gasteiger partial charge in [-0.1, -0.05) is 37.3 Å². The van der Waals surface area contributed by atoms with Crippen molar-refractivity contribution in [2.24, 2.45) is 0 Å². The van der Waals surface area contributed by atoms with E-state index in [1.165, 1.54) is 36.5 Å². The molecule has 0 bridgehead atoms. The number of hydrogen-bond donors (Lipinski definition) is 1. The van der Waals surface area contributed by atoms with Crippen molar-refractivity contribution in [3.8, 4) is 0 Å². The fraction of sp³-hybridized carbons (Fsp3) is 0.667. The lowest BCUT2D eigenvalue weighted by Crippen LogP contribution is -2.48. The van der Waals surface area contributed by atoms with Gasteiger partial charge >= 0.3 is 0 Å². The van der Waals surface area contributed by atoms with Gasteiger partial charge in [0.1, 0.15) is 0 Å². The standard InChI is InChI=1S/C18H30N2S/c1-4-21-14-11-16(2)20-13-8-12-19-18(3,15-20)17-9-6-5-7-10-17/h5-7,9-10,16,19H,4,8,11-15H2,1-3H3. The Morgan fingerprint density at radius 1 is 1.33 bits per heavy atom. The Bertz CT molecular complexity index is 409. The number of hydrogen-bond acceptors (Lipinski definition) is 3. The Labute approximate surface area is 134 Å². The Morgan fingerprint density at radius 3 is 2.81 bits per heavy atom. The lowest BCUT2D eigenvalue weighted by molar-refractivity contribution is 0.169. The molecule has 1 N–H and O–H groups in total. The van der Waals surface area contributed by atoms with E-state index >= 15 is 0 Å². The summed E-state index contributed by atoms with van der Waals surface area (Å²) in [5.74, 6) is 2.51. The molecule has 1 aromatic rings. The average Bonchev–Trinajstić information content (AvgIpc) is 2.71. The van der Waals surface area contributed by atoms with Gasteiger partial charge < -0.3 is 5.32 Å². The molecule has 2 unspecified atom stereocenters. The molecule has 21 heavy (non-hydrogen) atoms. The van der Waals surface area contributed by atoms with Crippen molar-refractivity contribution in [2.45, 2.75) is 45.2 Å². The Balaban J connectivity index is 2.04. The van der Waals surface area contributed by atoms with E-state index in [4.69, 9.17) is 0 Å². The first kappa shape index (κ1) is 16.9. The van der Waals surface area contributed by atoms with E-state index in [-0.39, 0.29) is 5.54 Å². The van der Waals surface area contributed by atoms with Crippen LogP contribution in [0.5, 0.6) is 0 Å². The molecule has 0 radical (unpaired) electrons. The lowest BCUT2D eigenvalue weighted by atomic mass is 9.91. The molecule has 3 heteroatoms. The third-order valence-corrected chi connectivity index (χ3v) is 5.51. The molecule has 0 saturated carbocycles. The van der Waals surface area contributed by atoms with E-state index < -0.39 is 0 Å². The van der Waals surface area contributed by atoms with Gasteiger partial charge in [-0.05, 0) is 56.8 Å². The van der Waals surface area contributed by atoms with Gasteiger partial charge in [-0.2, -0.15) is 11.8 Å². The molecule has 2 atom stereocenters. The van der Waals surface area contributed by atoms with Crippen LogP contribution in [0.3, 0.4) is 0 Å². The second kappa shape index (κ2) is 8.21. The third kappa shape index (κ3) is 4.73. The number of benzene rings is 1. The van der Waals surface area contributed by atoms with E-state index in [1.54, 1.807) is 0 Å². The molecule has 1 aromatic carbocycles. The van der Waals surface area contributed by atoms with Crippen LogP contribution in [0.15, 0.2) is 30.3 Å². The van der Waals surface area contributed by atoms with Crippen LogP contribution in [0.1, 0.15) is 39.2 Å². The summed E-state index contributed by atoms with van der Waals surface area (Å²) >= 11 is 2.06. The van der Waals surface area contributed by atoms with Gasteiger partial charge in [0.05, 0.1) is 5.54 Å². The van der Waals surface area contributed by atoms with Crippen molar-refractivity contribution in [2.75, 3.05) is 31.1 Å². The van der Waals surface area contributed by atoms with Crippen LogP contribution >= 0.6 is 11.8 Å². The predicted octanol–water partition coefficient (Wildman–Crippen LogP) is 3.73. The van der Waals surface area contributed by atoms with Crippen LogP contribution in [0.25, 0.3) is 0 Å². The Kier molecular flexibility index (Phi) is 6.59. The Morgan fingerprint density at radius 2 is 2.10 bits per heavy atom. The number of nitrogens with one attached hydrogen (secondary N) is 1. The zero-order chi connectivity index (χ0) is 15.1. The van der Waals surface area contributed by atoms with Gasteiger partial charge in [0.15, 0.2) is 0 Å². The highest BCUT2D eigenvalue weighted by molar-refractivity contribution is 7.99. The van der Waals surface area contributed by atoms with Crippen LogP contribution in [-0.2, 0) is 5.54 Å². The smallest absolute Gasteiger partial charge is 0.0535 e. The van der Waals surface area contributed by atoms with Crippen molar-refractivity contribution in [3.05, 3.63) is 35.9 Å². The highest BCUT2D eigenvalue weighted by Crippen LogP contribution is 2.25. The summed E-state index contributed by atoms with van der Waals surface area (Å²) in [7, 11) is 0. The molecule has 0 spiro atoms. The minimum atomic E-state index is 0.0733. The van der Waals surface area contributed by atoms with E-state index in [9.17, 15) is 0 Å². The van der Waals surface area contributed by atoms with Crippen molar-refractivity contribution in [3.63, 3.8) is 0 Å². The number of nitrogens with zero attached hydrogens (tertiary/aromatic N) is 1. The molecule has 2 nitrogen and oxygen atoms in total. The maximum Gasteiger partial charge on any atom is 0.0535 e. The fourth-order valence-corrected chi connectivity index (χ4v) is 3.94. The molecule has 0 aromatic heterocycles. The van der Waals surface area contributed by atoms with Gasteiger partial charge in [0, 0.05) is 12.6 Å². The average molecular weight is 307 g/mol. The second-order valence-electron chi connectivity index (χ2n) is 6.28. The lowest BCUT2D eigenvalue weighted by Gasteiger charge is -2.37. The molecule has 1 aliphatic rings. The SMILES string of the molecule is CCSCCC(C)N1CCCNC(C)(c2ccccc2)C1. The van der Waals surface area contributed by atoms with Crippen molar-refractivity contribution in [1.82, 2.24) is 10.2 Å². The summed E-state index contributed by atoms with van der Waals surface area (Å²) < 4.78 is 0. The largest absolute Gasteiger partial charge is 0.307 e. The molecule has 1 fully saturated rings. The molecule has 1 heterocycles. The quantitative estimate of drug-likeness (QED) is 0.806. The van der Waals surface area contributed by atoms with Gasteiger partial charge in [-0.25, -0.2) is 0 Å². The molecule has 1 saturated heterocycles. The van der Waals surface area contributed by atoms with Crippen molar-refractivity contribution < 1.29 is 0 Å². The van der Waals surface area contributed by atoms with Crippen LogP contribution in [0, 0.1) is 0 Å². The van der Waals surface area contributed by atoms with Gasteiger partial charge in [0.2, 0.25) is 0 Å². The first-order valence-electron chi connectivity index (χ1n) is 8.28. The molecule has 2 rings (SSSR count). The van der Waals surface area contributed by atoms with Gasteiger partial charge in [-0.3, -0.25) is 4.90 Å². The van der Waals surface area contributed by atoms with Crippen LogP contribution in [0.2, 0.25) is 0 Å². The molecule has 0 aliphatic carbocycles. The summed E-state index contributed by atoms with van der Waals surface area (Å²) in [5, 5.41) is 3.78. The third-order valence-electron chi connectivity index (χ3n) is 4.57. The summed E-state index contributed by atoms with van der Waals surface area (Å²) in [5.41, 5.74) is 1.48. The highest BCUT2D eigenvalue weighted by atomic mass is 32.2. The molecular weight excluding hydrogens is 276 g/mol. The van der Waals surface area contributed by atoms with E-state index in [2.05, 4.69) is 73.1 Å². The maximum atomic E-state index is 3.78. The zero-order valence-electron chi connectivity index (χ0n) is 13.8. The molecule has 118 valence electrons. The van der Waals surface area contributed by atoms with E-state index in [1.807, 2.05) is 0 Å². The second-order valence-corrected chi connectivity index (χ2v) is 7.68. The van der Waals surface area contributed by atoms with Crippen LogP contribution in [0.4, 0.5) is 0 Å². The number of thioether (sulfide) groups is 1. The Hall–Kier alpha value is -0.510. The summed E-state index contributed by atoms with van der Waals surface area (Å²) in [4.78, 5) is 2.68. The van der Waals surface area contributed by atoms with Crippen LogP contribution in [-0.4, -0.2) is 42.1 Å². The number of rotatable bonds is 6. The van der Waals surface area contributed by atoms with Crippen molar-refractivity contribution in [1.29, 1.82) is 0 Å². The van der Waals surface area contributed by atoms with Crippen LogP contribution < -0.4 is 5.32 Å². The summed E-state index contributed by atoms with van der Waals surface area (Å²) in [6, 6.07) is 11.6. The topological polar surface area (TPSA) is 15.3 Å². The summed E-state index contributed by atoms with van der Waals surface area (Å²) in [6.45, 7) is 10.4. The fourth-order valence-electron chi connectivity index (χ4n) is 3.14. The molecule has 0 amide bonds. The first-order valence-corrected chi connectivity index (χ1v) is 9.43. The maximum absolute atomic E-state index is 3.78. The predicted molar refractivity (Wildman–Crippen MR) is 95.1 cm³/mol. The van der Waals surface area contributed by atoms with E-state index in [0.717, 1.165) is 13.1 Å². The highest BCUT2D eigenvalue weighted by Gasteiger charge is 2.32. The first-order chi connectivity index (χ1) is 10.2. The van der Waals surface area contributed by atoms with E-state index in [0.29, 0.717) is 6.04 Å². The zero-order valence-corrected chi connectivity index (χ0v) is 14.6. The minimum absolute atomic E-state index is 0.0733. The summed E-state index contributed by atoms with van der Waals surface area (Å²) in [6.07, 6.45) is 2.54. The van der Waals surface area contributed by atoms with Gasteiger partial charge in [0.25, 0.3) is 0 Å². The normalized spacial score (nSPS) is 25.5. The molecule has 1 aliphatic heterocycles. The van der Waals surface area contributed by atoms with Crippen molar-refractivity contribution >= 4 is 11.8 Å². The molecular formula is C18H30N2S.